The van der Waals surface area contributed by atoms with Crippen LogP contribution in [0.5, 0.6) is 0 Å². The van der Waals surface area contributed by atoms with E-state index in [0.29, 0.717) is 22.2 Å². The second-order valence-corrected chi connectivity index (χ2v) is 9.39. The molecule has 2 aromatic heterocycles. The monoisotopic (exact) mass is 468 g/mol. The first kappa shape index (κ1) is 23.8. The molecule has 1 aromatic carbocycles. The predicted octanol–water partition coefficient (Wildman–Crippen LogP) is 5.50. The van der Waals surface area contributed by atoms with Crippen LogP contribution in [0, 0.1) is 0 Å². The molecule has 0 unspecified atom stereocenters. The van der Waals surface area contributed by atoms with Gasteiger partial charge in [0.2, 0.25) is 5.91 Å². The molecule has 0 bridgehead atoms. The number of thioether (sulfide) groups is 1. The number of benzene rings is 1. The van der Waals surface area contributed by atoms with Crippen molar-refractivity contribution in [2.75, 3.05) is 16.5 Å². The number of hydrogen-bond donors (Lipinski definition) is 2. The maximum Gasteiger partial charge on any atom is 0.258 e. The number of aromatic nitrogens is 2. The van der Waals surface area contributed by atoms with Gasteiger partial charge in [-0.15, -0.1) is 23.4 Å². The number of nitrogens with one attached hydrogen (secondary N) is 2. The Morgan fingerprint density at radius 3 is 2.44 bits per heavy atom. The highest BCUT2D eigenvalue weighted by Gasteiger charge is 2.16. The summed E-state index contributed by atoms with van der Waals surface area (Å²) in [5.74, 6) is 0.332. The molecule has 3 rings (SSSR count). The van der Waals surface area contributed by atoms with Crippen molar-refractivity contribution in [3.63, 3.8) is 0 Å². The normalized spacial score (nSPS) is 11.1. The van der Waals surface area contributed by atoms with Crippen molar-refractivity contribution in [2.24, 2.45) is 0 Å². The van der Waals surface area contributed by atoms with E-state index in [4.69, 9.17) is 11.6 Å². The third-order valence-corrected chi connectivity index (χ3v) is 5.93. The average Bonchev–Trinajstić information content (AvgIpc) is 2.78. The summed E-state index contributed by atoms with van der Waals surface area (Å²) >= 11 is 6.97. The Hall–Kier alpha value is -2.90. The quantitative estimate of drug-likeness (QED) is 0.353. The lowest BCUT2D eigenvalue weighted by Crippen LogP contribution is -2.15. The summed E-state index contributed by atoms with van der Waals surface area (Å²) in [5, 5.41) is 6.20. The molecule has 8 heteroatoms. The average molecular weight is 469 g/mol. The number of pyridine rings is 2. The number of anilines is 2. The van der Waals surface area contributed by atoms with E-state index in [-0.39, 0.29) is 23.1 Å². The van der Waals surface area contributed by atoms with Crippen molar-refractivity contribution in [1.29, 1.82) is 0 Å². The molecule has 0 fully saturated rings. The van der Waals surface area contributed by atoms with E-state index in [1.54, 1.807) is 30.6 Å². The second-order valence-electron chi connectivity index (χ2n) is 8.16. The van der Waals surface area contributed by atoms with Gasteiger partial charge in [0.05, 0.1) is 5.56 Å². The number of amides is 2. The number of carbonyl (C=O) groups excluding carboxylic acids is 2. The molecule has 0 spiro atoms. The van der Waals surface area contributed by atoms with Crippen LogP contribution in [0.2, 0.25) is 0 Å². The van der Waals surface area contributed by atoms with E-state index in [0.717, 1.165) is 11.3 Å². The molecule has 2 heterocycles. The lowest BCUT2D eigenvalue weighted by atomic mass is 9.87. The fraction of sp³-hybridized carbons (Fsp3) is 0.250. The van der Waals surface area contributed by atoms with Crippen molar-refractivity contribution in [2.45, 2.75) is 37.0 Å². The molecule has 0 saturated carbocycles. The van der Waals surface area contributed by atoms with Gasteiger partial charge < -0.3 is 10.6 Å². The van der Waals surface area contributed by atoms with Gasteiger partial charge >= 0.3 is 0 Å². The molecule has 0 aliphatic heterocycles. The zero-order valence-electron chi connectivity index (χ0n) is 18.2. The molecule has 0 atom stereocenters. The summed E-state index contributed by atoms with van der Waals surface area (Å²) in [7, 11) is 0. The molecule has 3 aromatic rings. The van der Waals surface area contributed by atoms with E-state index in [9.17, 15) is 9.59 Å². The molecule has 6 nitrogen and oxygen atoms in total. The van der Waals surface area contributed by atoms with Crippen molar-refractivity contribution >= 4 is 46.7 Å². The minimum atomic E-state index is -0.316. The van der Waals surface area contributed by atoms with Gasteiger partial charge in [-0.2, -0.15) is 0 Å². The summed E-state index contributed by atoms with van der Waals surface area (Å²) in [5.41, 5.74) is 3.42. The molecule has 0 aliphatic carbocycles. The first-order chi connectivity index (χ1) is 15.3. The molecule has 166 valence electrons. The van der Waals surface area contributed by atoms with Crippen LogP contribution in [0.25, 0.3) is 0 Å². The van der Waals surface area contributed by atoms with Gasteiger partial charge in [0.15, 0.2) is 0 Å². The Labute approximate surface area is 197 Å². The Kier molecular flexibility index (Phi) is 7.88. The van der Waals surface area contributed by atoms with E-state index in [1.807, 2.05) is 30.3 Å². The summed E-state index contributed by atoms with van der Waals surface area (Å²) in [6.45, 7) is 6.45. The first-order valence-corrected chi connectivity index (χ1v) is 11.6. The number of halogens is 1. The fourth-order valence-corrected chi connectivity index (χ4v) is 3.89. The largest absolute Gasteiger partial charge is 0.322 e. The molecule has 0 radical (unpaired) electrons. The third-order valence-electron chi connectivity index (χ3n) is 4.61. The van der Waals surface area contributed by atoms with E-state index in [1.165, 1.54) is 17.3 Å². The van der Waals surface area contributed by atoms with Gasteiger partial charge in [0.1, 0.15) is 16.7 Å². The molecular weight excluding hydrogens is 444 g/mol. The van der Waals surface area contributed by atoms with Crippen LogP contribution in [0.1, 0.15) is 42.3 Å². The predicted molar refractivity (Wildman–Crippen MR) is 130 cm³/mol. The van der Waals surface area contributed by atoms with Crippen LogP contribution in [-0.4, -0.2) is 27.7 Å². The third kappa shape index (κ3) is 6.55. The van der Waals surface area contributed by atoms with Crippen molar-refractivity contribution < 1.29 is 9.59 Å². The molecule has 32 heavy (non-hydrogen) atoms. The fourth-order valence-electron chi connectivity index (χ4n) is 2.89. The van der Waals surface area contributed by atoms with Gasteiger partial charge in [-0.05, 0) is 52.9 Å². The highest BCUT2D eigenvalue weighted by atomic mass is 35.5. The summed E-state index contributed by atoms with van der Waals surface area (Å²) in [6.07, 6.45) is 3.28. The number of hydrogen-bond acceptors (Lipinski definition) is 5. The lowest BCUT2D eigenvalue weighted by molar-refractivity contribution is -0.113. The molecule has 2 N–H and O–H groups in total. The van der Waals surface area contributed by atoms with Crippen molar-refractivity contribution in [3.8, 4) is 0 Å². The summed E-state index contributed by atoms with van der Waals surface area (Å²) in [6, 6.07) is 15.0. The van der Waals surface area contributed by atoms with Crippen LogP contribution < -0.4 is 10.6 Å². The van der Waals surface area contributed by atoms with Crippen LogP contribution in [0.3, 0.4) is 0 Å². The highest BCUT2D eigenvalue weighted by Crippen LogP contribution is 2.27. The molecule has 2 amide bonds. The second kappa shape index (κ2) is 10.6. The van der Waals surface area contributed by atoms with Crippen LogP contribution in [-0.2, 0) is 16.0 Å². The standard InChI is InChI=1S/C24H25ClN4O2S/c1-24(2,3)17-6-8-18(9-7-17)28-22(31)19-5-4-11-27-23(19)32-15-16-10-12-26-20(13-16)29-21(30)14-25/h4-13H,14-15H2,1-3H3,(H,28,31)(H,26,29,30). The number of rotatable bonds is 7. The molecule has 0 saturated heterocycles. The zero-order valence-corrected chi connectivity index (χ0v) is 19.8. The van der Waals surface area contributed by atoms with Crippen LogP contribution >= 0.6 is 23.4 Å². The summed E-state index contributed by atoms with van der Waals surface area (Å²) < 4.78 is 0. The topological polar surface area (TPSA) is 84.0 Å². The first-order valence-electron chi connectivity index (χ1n) is 10.1. The Morgan fingerprint density at radius 2 is 1.75 bits per heavy atom. The van der Waals surface area contributed by atoms with E-state index in [2.05, 4.69) is 41.4 Å². The Morgan fingerprint density at radius 1 is 1.00 bits per heavy atom. The van der Waals surface area contributed by atoms with Crippen LogP contribution in [0.4, 0.5) is 11.5 Å². The number of alkyl halides is 1. The van der Waals surface area contributed by atoms with Crippen molar-refractivity contribution in [1.82, 2.24) is 9.97 Å². The van der Waals surface area contributed by atoms with Gasteiger partial charge in [-0.3, -0.25) is 9.59 Å². The van der Waals surface area contributed by atoms with E-state index >= 15 is 0 Å². The highest BCUT2D eigenvalue weighted by molar-refractivity contribution is 7.98. The van der Waals surface area contributed by atoms with E-state index < -0.39 is 0 Å². The maximum absolute atomic E-state index is 12.9. The minimum Gasteiger partial charge on any atom is -0.322 e. The zero-order chi connectivity index (χ0) is 23.1. The minimum absolute atomic E-state index is 0.0509. The summed E-state index contributed by atoms with van der Waals surface area (Å²) in [4.78, 5) is 32.9. The number of carbonyl (C=O) groups is 2. The Balaban J connectivity index is 1.69. The molecular formula is C24H25ClN4O2S. The SMILES string of the molecule is CC(C)(C)c1ccc(NC(=O)c2cccnc2SCc2ccnc(NC(=O)CCl)c2)cc1. The van der Waals surface area contributed by atoms with Gasteiger partial charge in [0.25, 0.3) is 5.91 Å². The maximum atomic E-state index is 12.9. The van der Waals surface area contributed by atoms with Crippen LogP contribution in [0.15, 0.2) is 66.0 Å². The molecule has 0 aliphatic rings. The van der Waals surface area contributed by atoms with Gasteiger partial charge in [-0.1, -0.05) is 32.9 Å². The number of nitrogens with zero attached hydrogens (tertiary/aromatic N) is 2. The smallest absolute Gasteiger partial charge is 0.258 e. The van der Waals surface area contributed by atoms with Gasteiger partial charge in [0, 0.05) is 23.8 Å². The van der Waals surface area contributed by atoms with Crippen molar-refractivity contribution in [3.05, 3.63) is 77.6 Å². The lowest BCUT2D eigenvalue weighted by Gasteiger charge is -2.19. The Bertz CT molecular complexity index is 1100. The van der Waals surface area contributed by atoms with Gasteiger partial charge in [-0.25, -0.2) is 9.97 Å².